The zero-order valence-electron chi connectivity index (χ0n) is 9.55. The van der Waals surface area contributed by atoms with Gasteiger partial charge in [-0.05, 0) is 24.3 Å². The monoisotopic (exact) mass is 336 g/mol. The molecule has 86 valence electrons. The van der Waals surface area contributed by atoms with Crippen LogP contribution in [0.5, 0.6) is 0 Å². The number of halogens is 1. The molecule has 0 radical (unpaired) electrons. The molecule has 0 saturated carbocycles. The number of aromatic nitrogens is 2. The highest BCUT2D eigenvalue weighted by Gasteiger charge is 2.13. The van der Waals surface area contributed by atoms with Crippen molar-refractivity contribution in [3.8, 4) is 11.3 Å². The summed E-state index contributed by atoms with van der Waals surface area (Å²) in [5, 5.41) is 0. The van der Waals surface area contributed by atoms with Crippen molar-refractivity contribution in [3.63, 3.8) is 0 Å². The molecular weight excluding hydrogens is 323 g/mol. The maximum absolute atomic E-state index is 2.16. The Bertz CT molecular complexity index is 629. The van der Waals surface area contributed by atoms with Crippen molar-refractivity contribution in [3.05, 3.63) is 61.1 Å². The van der Waals surface area contributed by atoms with Gasteiger partial charge in [-0.1, -0.05) is 18.2 Å². The van der Waals surface area contributed by atoms with Gasteiger partial charge in [0.2, 0.25) is 5.69 Å². The Kier molecular flexibility index (Phi) is 3.47. The Hall–Kier alpha value is -1.36. The van der Waals surface area contributed by atoms with E-state index in [0.29, 0.717) is 0 Å². The first kappa shape index (κ1) is 12.1. The van der Waals surface area contributed by atoms with Crippen LogP contribution in [0.2, 0.25) is 0 Å². The minimum atomic E-state index is 0. The van der Waals surface area contributed by atoms with Crippen molar-refractivity contribution in [2.75, 3.05) is 0 Å². The van der Waals surface area contributed by atoms with Gasteiger partial charge >= 0.3 is 0 Å². The molecule has 3 heteroatoms. The van der Waals surface area contributed by atoms with Gasteiger partial charge in [0, 0.05) is 11.8 Å². The van der Waals surface area contributed by atoms with Crippen LogP contribution in [0.15, 0.2) is 61.1 Å². The van der Waals surface area contributed by atoms with Crippen LogP contribution >= 0.6 is 0 Å². The molecule has 0 aliphatic heterocycles. The van der Waals surface area contributed by atoms with Gasteiger partial charge < -0.3 is 28.4 Å². The lowest BCUT2D eigenvalue weighted by Gasteiger charge is -2.02. The predicted molar refractivity (Wildman–Crippen MR) is 64.0 cm³/mol. The SMILES string of the molecule is C[n+]1ccn2cccc2c1-c1ccccc1.[I-]. The van der Waals surface area contributed by atoms with Crippen molar-refractivity contribution >= 4 is 5.52 Å². The topological polar surface area (TPSA) is 8.29 Å². The van der Waals surface area contributed by atoms with E-state index in [4.69, 9.17) is 0 Å². The molecule has 1 aromatic carbocycles. The third-order valence-corrected chi connectivity index (χ3v) is 2.87. The Morgan fingerprint density at radius 3 is 2.47 bits per heavy atom. The largest absolute Gasteiger partial charge is 1.00 e. The van der Waals surface area contributed by atoms with Crippen LogP contribution in [0.4, 0.5) is 0 Å². The van der Waals surface area contributed by atoms with Crippen LogP contribution in [0.3, 0.4) is 0 Å². The van der Waals surface area contributed by atoms with Crippen LogP contribution in [-0.2, 0) is 7.05 Å². The molecule has 3 rings (SSSR count). The van der Waals surface area contributed by atoms with Crippen LogP contribution < -0.4 is 28.5 Å². The highest BCUT2D eigenvalue weighted by molar-refractivity contribution is 5.74. The molecule has 0 spiro atoms. The van der Waals surface area contributed by atoms with Crippen LogP contribution in [-0.4, -0.2) is 4.40 Å². The molecule has 0 bridgehead atoms. The van der Waals surface area contributed by atoms with Crippen molar-refractivity contribution < 1.29 is 28.5 Å². The van der Waals surface area contributed by atoms with E-state index in [-0.39, 0.29) is 24.0 Å². The van der Waals surface area contributed by atoms with Crippen molar-refractivity contribution in [2.24, 2.45) is 7.05 Å². The first-order chi connectivity index (χ1) is 7.86. The normalized spacial score (nSPS) is 10.2. The second kappa shape index (κ2) is 4.87. The number of nitrogens with zero attached hydrogens (tertiary/aromatic N) is 2. The van der Waals surface area contributed by atoms with E-state index in [2.05, 4.69) is 71.0 Å². The fourth-order valence-corrected chi connectivity index (χ4v) is 2.10. The first-order valence-corrected chi connectivity index (χ1v) is 5.37. The number of benzene rings is 1. The summed E-state index contributed by atoms with van der Waals surface area (Å²) in [5.41, 5.74) is 3.72. The average Bonchev–Trinajstić information content (AvgIpc) is 2.78. The van der Waals surface area contributed by atoms with Crippen LogP contribution in [0.25, 0.3) is 16.8 Å². The maximum atomic E-state index is 2.16. The quantitative estimate of drug-likeness (QED) is 0.416. The van der Waals surface area contributed by atoms with Gasteiger partial charge in [-0.25, -0.2) is 0 Å². The summed E-state index contributed by atoms with van der Waals surface area (Å²) in [4.78, 5) is 0. The van der Waals surface area contributed by atoms with Gasteiger partial charge in [-0.15, -0.1) is 0 Å². The molecule has 0 unspecified atom stereocenters. The molecule has 0 saturated heterocycles. The molecule has 3 aromatic rings. The fourth-order valence-electron chi connectivity index (χ4n) is 2.10. The van der Waals surface area contributed by atoms with Gasteiger partial charge in [0.1, 0.15) is 12.6 Å². The van der Waals surface area contributed by atoms with E-state index < -0.39 is 0 Å². The predicted octanol–water partition coefficient (Wildman–Crippen LogP) is -0.565. The standard InChI is InChI=1S/C14H13N2.HI/c1-15-10-11-16-9-5-8-13(16)14(15)12-6-3-2-4-7-12;/h2-11H,1H3;1H/q+1;/p-1. The molecule has 0 N–H and O–H groups in total. The third kappa shape index (κ3) is 2.07. The molecular formula is C14H13IN2. The van der Waals surface area contributed by atoms with Gasteiger partial charge in [-0.3, -0.25) is 0 Å². The summed E-state index contributed by atoms with van der Waals surface area (Å²) >= 11 is 0. The minimum absolute atomic E-state index is 0. The van der Waals surface area contributed by atoms with E-state index >= 15 is 0 Å². The summed E-state index contributed by atoms with van der Waals surface area (Å²) in [6.07, 6.45) is 6.22. The second-order valence-corrected chi connectivity index (χ2v) is 3.92. The smallest absolute Gasteiger partial charge is 0.236 e. The van der Waals surface area contributed by atoms with Gasteiger partial charge in [0.05, 0.1) is 6.20 Å². The van der Waals surface area contributed by atoms with Crippen LogP contribution in [0.1, 0.15) is 0 Å². The van der Waals surface area contributed by atoms with Gasteiger partial charge in [0.25, 0.3) is 0 Å². The summed E-state index contributed by atoms with van der Waals surface area (Å²) in [7, 11) is 2.08. The Morgan fingerprint density at radius 2 is 1.71 bits per heavy atom. The Balaban J connectivity index is 0.00000108. The second-order valence-electron chi connectivity index (χ2n) is 3.92. The van der Waals surface area contributed by atoms with E-state index in [9.17, 15) is 0 Å². The zero-order chi connectivity index (χ0) is 11.0. The summed E-state index contributed by atoms with van der Waals surface area (Å²) in [6.45, 7) is 0. The van der Waals surface area contributed by atoms with Crippen LogP contribution in [0, 0.1) is 0 Å². The molecule has 17 heavy (non-hydrogen) atoms. The molecule has 2 heterocycles. The Labute approximate surface area is 118 Å². The molecule has 2 aromatic heterocycles. The van der Waals surface area contributed by atoms with Gasteiger partial charge in [0.15, 0.2) is 6.20 Å². The van der Waals surface area contributed by atoms with E-state index in [1.54, 1.807) is 0 Å². The molecule has 0 amide bonds. The summed E-state index contributed by atoms with van der Waals surface area (Å²) in [6, 6.07) is 14.7. The number of fused-ring (bicyclic) bond motifs is 1. The fraction of sp³-hybridized carbons (Fsp3) is 0.0714. The summed E-state index contributed by atoms with van der Waals surface area (Å²) in [5.74, 6) is 0. The first-order valence-electron chi connectivity index (χ1n) is 5.37. The maximum Gasteiger partial charge on any atom is 0.236 e. The molecule has 2 nitrogen and oxygen atoms in total. The lowest BCUT2D eigenvalue weighted by atomic mass is 10.1. The summed E-state index contributed by atoms with van der Waals surface area (Å²) < 4.78 is 4.30. The van der Waals surface area contributed by atoms with Crippen molar-refractivity contribution in [1.82, 2.24) is 4.40 Å². The number of hydrogen-bond acceptors (Lipinski definition) is 0. The zero-order valence-corrected chi connectivity index (χ0v) is 11.7. The van der Waals surface area contributed by atoms with E-state index in [1.165, 1.54) is 16.8 Å². The number of hydrogen-bond donors (Lipinski definition) is 0. The van der Waals surface area contributed by atoms with E-state index in [0.717, 1.165) is 0 Å². The lowest BCUT2D eigenvalue weighted by molar-refractivity contribution is -0.659. The molecule has 0 aliphatic carbocycles. The average molecular weight is 336 g/mol. The molecule has 0 aliphatic rings. The molecule has 0 fully saturated rings. The third-order valence-electron chi connectivity index (χ3n) is 2.87. The number of rotatable bonds is 1. The van der Waals surface area contributed by atoms with Crippen molar-refractivity contribution in [1.29, 1.82) is 0 Å². The lowest BCUT2D eigenvalue weighted by Crippen LogP contribution is -3.00. The Morgan fingerprint density at radius 1 is 0.941 bits per heavy atom. The minimum Gasteiger partial charge on any atom is -1.00 e. The number of aryl methyl sites for hydroxylation is 1. The highest BCUT2D eigenvalue weighted by atomic mass is 127. The van der Waals surface area contributed by atoms with E-state index in [1.807, 2.05) is 6.07 Å². The molecule has 0 atom stereocenters. The van der Waals surface area contributed by atoms with Gasteiger partial charge in [-0.2, -0.15) is 4.57 Å². The van der Waals surface area contributed by atoms with Crippen molar-refractivity contribution in [2.45, 2.75) is 0 Å². The highest BCUT2D eigenvalue weighted by Crippen LogP contribution is 2.20.